The van der Waals surface area contributed by atoms with Gasteiger partial charge in [0.25, 0.3) is 0 Å². The first-order valence-electron chi connectivity index (χ1n) is 7.59. The fourth-order valence-electron chi connectivity index (χ4n) is 2.09. The number of unbranched alkanes of at least 4 members (excludes halogenated alkanes) is 1. The Morgan fingerprint density at radius 2 is 1.55 bits per heavy atom. The van der Waals surface area contributed by atoms with Gasteiger partial charge < -0.3 is 9.47 Å². The van der Waals surface area contributed by atoms with Crippen LogP contribution < -0.4 is 9.47 Å². The molecule has 0 saturated heterocycles. The number of ether oxygens (including phenoxy) is 2. The van der Waals surface area contributed by atoms with Gasteiger partial charge in [-0.15, -0.1) is 0 Å². The van der Waals surface area contributed by atoms with Crippen LogP contribution in [-0.2, 0) is 0 Å². The molecule has 0 radical (unpaired) electrons. The maximum atomic E-state index is 11.5. The van der Waals surface area contributed by atoms with Gasteiger partial charge in [0.1, 0.15) is 11.5 Å². The number of Topliss-reactive ketones (excluding diaryl/α,β-unsaturated/α-hetero) is 1. The van der Waals surface area contributed by atoms with Crippen molar-refractivity contribution in [3.8, 4) is 11.5 Å². The van der Waals surface area contributed by atoms with Crippen LogP contribution in [0, 0.1) is 6.92 Å². The minimum atomic E-state index is 0.0262. The Morgan fingerprint density at radius 3 is 2.23 bits per heavy atom. The standard InChI is InChI=1S/C19H22O3/c1-15-9-11-17(12-10-15)21-13-5-6-14-22-19-8-4-3-7-18(19)16(2)20/h3-4,7-12H,5-6,13-14H2,1-2H3. The fourth-order valence-corrected chi connectivity index (χ4v) is 2.09. The molecule has 0 bridgehead atoms. The van der Waals surface area contributed by atoms with Gasteiger partial charge in [-0.3, -0.25) is 4.79 Å². The third-order valence-corrected chi connectivity index (χ3v) is 3.35. The zero-order valence-corrected chi connectivity index (χ0v) is 13.2. The van der Waals surface area contributed by atoms with Gasteiger partial charge in [-0.25, -0.2) is 0 Å². The van der Waals surface area contributed by atoms with Crippen molar-refractivity contribution in [2.45, 2.75) is 26.7 Å². The van der Waals surface area contributed by atoms with Crippen LogP contribution in [-0.4, -0.2) is 19.0 Å². The van der Waals surface area contributed by atoms with Crippen molar-refractivity contribution >= 4 is 5.78 Å². The van der Waals surface area contributed by atoms with Gasteiger partial charge >= 0.3 is 0 Å². The topological polar surface area (TPSA) is 35.5 Å². The van der Waals surface area contributed by atoms with Gasteiger partial charge in [-0.1, -0.05) is 29.8 Å². The molecule has 0 atom stereocenters. The predicted molar refractivity (Wildman–Crippen MR) is 87.8 cm³/mol. The summed E-state index contributed by atoms with van der Waals surface area (Å²) in [6.45, 7) is 4.86. The molecule has 2 rings (SSSR count). The highest BCUT2D eigenvalue weighted by atomic mass is 16.5. The van der Waals surface area contributed by atoms with Crippen molar-refractivity contribution in [2.24, 2.45) is 0 Å². The molecule has 0 saturated carbocycles. The lowest BCUT2D eigenvalue weighted by atomic mass is 10.1. The predicted octanol–water partition coefficient (Wildman–Crippen LogP) is 4.44. The third kappa shape index (κ3) is 4.92. The Balaban J connectivity index is 1.67. The molecular formula is C19H22O3. The second-order valence-corrected chi connectivity index (χ2v) is 5.27. The van der Waals surface area contributed by atoms with E-state index in [0.29, 0.717) is 24.5 Å². The number of hydrogen-bond acceptors (Lipinski definition) is 3. The number of rotatable bonds is 8. The molecule has 0 amide bonds. The van der Waals surface area contributed by atoms with Gasteiger partial charge in [0.2, 0.25) is 0 Å². The summed E-state index contributed by atoms with van der Waals surface area (Å²) in [5.41, 5.74) is 1.86. The van der Waals surface area contributed by atoms with Crippen LogP contribution in [0.2, 0.25) is 0 Å². The smallest absolute Gasteiger partial charge is 0.163 e. The average Bonchev–Trinajstić information content (AvgIpc) is 2.52. The zero-order chi connectivity index (χ0) is 15.8. The molecule has 0 spiro atoms. The van der Waals surface area contributed by atoms with Crippen molar-refractivity contribution in [1.82, 2.24) is 0 Å². The van der Waals surface area contributed by atoms with E-state index in [-0.39, 0.29) is 5.78 Å². The first-order valence-corrected chi connectivity index (χ1v) is 7.59. The van der Waals surface area contributed by atoms with Crippen molar-refractivity contribution in [3.05, 3.63) is 59.7 Å². The van der Waals surface area contributed by atoms with E-state index in [0.717, 1.165) is 18.6 Å². The second-order valence-electron chi connectivity index (χ2n) is 5.27. The summed E-state index contributed by atoms with van der Waals surface area (Å²) in [5, 5.41) is 0. The molecule has 3 heteroatoms. The van der Waals surface area contributed by atoms with E-state index in [1.807, 2.05) is 42.5 Å². The lowest BCUT2D eigenvalue weighted by molar-refractivity contribution is 0.101. The monoisotopic (exact) mass is 298 g/mol. The number of carbonyl (C=O) groups is 1. The molecule has 0 N–H and O–H groups in total. The molecule has 0 aromatic heterocycles. The minimum Gasteiger partial charge on any atom is -0.494 e. The molecular weight excluding hydrogens is 276 g/mol. The Morgan fingerprint density at radius 1 is 0.909 bits per heavy atom. The summed E-state index contributed by atoms with van der Waals surface area (Å²) in [4.78, 5) is 11.5. The van der Waals surface area contributed by atoms with E-state index in [1.54, 1.807) is 13.0 Å². The molecule has 3 nitrogen and oxygen atoms in total. The fraction of sp³-hybridized carbons (Fsp3) is 0.316. The Bertz CT molecular complexity index is 602. The van der Waals surface area contributed by atoms with Crippen molar-refractivity contribution in [3.63, 3.8) is 0 Å². The third-order valence-electron chi connectivity index (χ3n) is 3.35. The average molecular weight is 298 g/mol. The van der Waals surface area contributed by atoms with Crippen LogP contribution in [0.4, 0.5) is 0 Å². The minimum absolute atomic E-state index is 0.0262. The zero-order valence-electron chi connectivity index (χ0n) is 13.2. The van der Waals surface area contributed by atoms with E-state index in [2.05, 4.69) is 6.92 Å². The number of hydrogen-bond donors (Lipinski definition) is 0. The Hall–Kier alpha value is -2.29. The maximum Gasteiger partial charge on any atom is 0.163 e. The van der Waals surface area contributed by atoms with Gasteiger partial charge in [0.15, 0.2) is 5.78 Å². The number of benzene rings is 2. The summed E-state index contributed by atoms with van der Waals surface area (Å²) in [6.07, 6.45) is 1.80. The van der Waals surface area contributed by atoms with E-state index in [9.17, 15) is 4.79 Å². The van der Waals surface area contributed by atoms with Gasteiger partial charge in [-0.2, -0.15) is 0 Å². The highest BCUT2D eigenvalue weighted by Gasteiger charge is 2.06. The number of para-hydroxylation sites is 1. The van der Waals surface area contributed by atoms with E-state index >= 15 is 0 Å². The highest BCUT2D eigenvalue weighted by molar-refractivity contribution is 5.96. The van der Waals surface area contributed by atoms with Crippen LogP contribution in [0.15, 0.2) is 48.5 Å². The summed E-state index contributed by atoms with van der Waals surface area (Å²) in [5.74, 6) is 1.58. The van der Waals surface area contributed by atoms with Gasteiger partial charge in [0.05, 0.1) is 18.8 Å². The quantitative estimate of drug-likeness (QED) is 0.534. The summed E-state index contributed by atoms with van der Waals surface area (Å²) in [7, 11) is 0. The van der Waals surface area contributed by atoms with E-state index in [4.69, 9.17) is 9.47 Å². The SMILES string of the molecule is CC(=O)c1ccccc1OCCCCOc1ccc(C)cc1. The van der Waals surface area contributed by atoms with Crippen molar-refractivity contribution in [1.29, 1.82) is 0 Å². The summed E-state index contributed by atoms with van der Waals surface area (Å²) >= 11 is 0. The molecule has 2 aromatic rings. The molecule has 2 aromatic carbocycles. The molecule has 116 valence electrons. The van der Waals surface area contributed by atoms with Crippen LogP contribution in [0.1, 0.15) is 35.7 Å². The lowest BCUT2D eigenvalue weighted by Gasteiger charge is -2.10. The number of aryl methyl sites for hydroxylation is 1. The largest absolute Gasteiger partial charge is 0.494 e. The molecule has 0 fully saturated rings. The Labute approximate surface area is 131 Å². The van der Waals surface area contributed by atoms with Crippen molar-refractivity contribution < 1.29 is 14.3 Å². The second kappa shape index (κ2) is 8.23. The first kappa shape index (κ1) is 16.1. The highest BCUT2D eigenvalue weighted by Crippen LogP contribution is 2.18. The van der Waals surface area contributed by atoms with Gasteiger partial charge in [-0.05, 0) is 51.0 Å². The lowest BCUT2D eigenvalue weighted by Crippen LogP contribution is -2.05. The Kier molecular flexibility index (Phi) is 6.01. The first-order chi connectivity index (χ1) is 10.7. The number of ketones is 1. The normalized spacial score (nSPS) is 10.3. The molecule has 0 unspecified atom stereocenters. The molecule has 22 heavy (non-hydrogen) atoms. The molecule has 0 aliphatic carbocycles. The van der Waals surface area contributed by atoms with E-state index < -0.39 is 0 Å². The van der Waals surface area contributed by atoms with Crippen LogP contribution in [0.5, 0.6) is 11.5 Å². The van der Waals surface area contributed by atoms with Crippen LogP contribution in [0.3, 0.4) is 0 Å². The summed E-state index contributed by atoms with van der Waals surface area (Å²) in [6, 6.07) is 15.4. The van der Waals surface area contributed by atoms with Gasteiger partial charge in [0, 0.05) is 0 Å². The van der Waals surface area contributed by atoms with Crippen LogP contribution in [0.25, 0.3) is 0 Å². The molecule has 0 heterocycles. The molecule has 0 aliphatic heterocycles. The summed E-state index contributed by atoms with van der Waals surface area (Å²) < 4.78 is 11.4. The number of carbonyl (C=O) groups excluding carboxylic acids is 1. The van der Waals surface area contributed by atoms with E-state index in [1.165, 1.54) is 5.56 Å². The van der Waals surface area contributed by atoms with Crippen LogP contribution >= 0.6 is 0 Å². The maximum absolute atomic E-state index is 11.5. The molecule has 0 aliphatic rings. The van der Waals surface area contributed by atoms with Crippen molar-refractivity contribution in [2.75, 3.05) is 13.2 Å².